The Balaban J connectivity index is 2.16. The van der Waals surface area contributed by atoms with Gasteiger partial charge in [0.05, 0.1) is 7.11 Å². The van der Waals surface area contributed by atoms with E-state index in [9.17, 15) is 9.90 Å². The van der Waals surface area contributed by atoms with Gasteiger partial charge in [-0.25, -0.2) is 4.79 Å². The molecule has 0 saturated heterocycles. The maximum Gasteiger partial charge on any atom is 0.345 e. The minimum atomic E-state index is -0.985. The first-order valence-corrected chi connectivity index (χ1v) is 6.68. The summed E-state index contributed by atoms with van der Waals surface area (Å²) in [6, 6.07) is 14.6. The summed E-state index contributed by atoms with van der Waals surface area (Å²) >= 11 is 0. The highest BCUT2D eigenvalue weighted by Crippen LogP contribution is 2.21. The predicted octanol–water partition coefficient (Wildman–Crippen LogP) is 3.08. The van der Waals surface area contributed by atoms with Crippen LogP contribution in [0.1, 0.15) is 11.1 Å². The zero-order valence-electron chi connectivity index (χ0n) is 12.1. The van der Waals surface area contributed by atoms with Gasteiger partial charge in [-0.05, 0) is 30.2 Å². The number of hydrogen-bond donors (Lipinski definition) is 1. The van der Waals surface area contributed by atoms with E-state index in [1.807, 2.05) is 31.2 Å². The molecule has 0 aliphatic carbocycles. The van der Waals surface area contributed by atoms with E-state index in [0.717, 1.165) is 11.1 Å². The second-order valence-electron chi connectivity index (χ2n) is 4.75. The quantitative estimate of drug-likeness (QED) is 0.886. The Morgan fingerprint density at radius 1 is 1.14 bits per heavy atom. The third-order valence-electron chi connectivity index (χ3n) is 3.26. The maximum absolute atomic E-state index is 11.4. The molecule has 0 amide bonds. The molecule has 0 heterocycles. The largest absolute Gasteiger partial charge is 0.497 e. The van der Waals surface area contributed by atoms with Crippen LogP contribution < -0.4 is 9.47 Å². The van der Waals surface area contributed by atoms with Crippen LogP contribution >= 0.6 is 0 Å². The normalized spacial score (nSPS) is 11.7. The lowest BCUT2D eigenvalue weighted by molar-refractivity contribution is -0.145. The van der Waals surface area contributed by atoms with Crippen molar-refractivity contribution in [3.63, 3.8) is 0 Å². The number of carboxylic acid groups (broad SMARTS) is 1. The SMILES string of the molecule is COc1cccc(O[C@H](Cc2ccccc2C)C(=O)O)c1. The minimum Gasteiger partial charge on any atom is -0.497 e. The van der Waals surface area contributed by atoms with Crippen LogP contribution in [-0.2, 0) is 11.2 Å². The molecular formula is C17H18O4. The van der Waals surface area contributed by atoms with E-state index in [0.29, 0.717) is 17.9 Å². The van der Waals surface area contributed by atoms with Crippen LogP contribution in [0.15, 0.2) is 48.5 Å². The molecule has 1 N–H and O–H groups in total. The number of ether oxygens (including phenoxy) is 2. The molecule has 0 bridgehead atoms. The van der Waals surface area contributed by atoms with Crippen LogP contribution in [0.2, 0.25) is 0 Å². The van der Waals surface area contributed by atoms with Crippen LogP contribution in [0.3, 0.4) is 0 Å². The molecule has 0 aliphatic heterocycles. The van der Waals surface area contributed by atoms with Gasteiger partial charge in [-0.3, -0.25) is 0 Å². The first-order valence-electron chi connectivity index (χ1n) is 6.68. The highest BCUT2D eigenvalue weighted by Gasteiger charge is 2.21. The van der Waals surface area contributed by atoms with Crippen molar-refractivity contribution in [3.8, 4) is 11.5 Å². The Morgan fingerprint density at radius 2 is 1.86 bits per heavy atom. The molecule has 2 aromatic carbocycles. The molecule has 0 aliphatic rings. The fourth-order valence-corrected chi connectivity index (χ4v) is 2.06. The summed E-state index contributed by atoms with van der Waals surface area (Å²) in [7, 11) is 1.56. The number of carbonyl (C=O) groups is 1. The summed E-state index contributed by atoms with van der Waals surface area (Å²) in [5.74, 6) is 0.129. The predicted molar refractivity (Wildman–Crippen MR) is 79.9 cm³/mol. The Hall–Kier alpha value is -2.49. The number of hydrogen-bond acceptors (Lipinski definition) is 3. The van der Waals surface area contributed by atoms with Crippen molar-refractivity contribution in [3.05, 3.63) is 59.7 Å². The van der Waals surface area contributed by atoms with Crippen LogP contribution in [0.5, 0.6) is 11.5 Å². The van der Waals surface area contributed by atoms with Gasteiger partial charge in [-0.15, -0.1) is 0 Å². The van der Waals surface area contributed by atoms with Gasteiger partial charge in [0.25, 0.3) is 0 Å². The molecule has 0 aromatic heterocycles. The van der Waals surface area contributed by atoms with E-state index in [1.54, 1.807) is 31.4 Å². The molecule has 110 valence electrons. The van der Waals surface area contributed by atoms with Crippen molar-refractivity contribution < 1.29 is 19.4 Å². The molecule has 2 aromatic rings. The Morgan fingerprint density at radius 3 is 2.52 bits per heavy atom. The maximum atomic E-state index is 11.4. The van der Waals surface area contributed by atoms with E-state index in [2.05, 4.69) is 0 Å². The fourth-order valence-electron chi connectivity index (χ4n) is 2.06. The average molecular weight is 286 g/mol. The smallest absolute Gasteiger partial charge is 0.345 e. The average Bonchev–Trinajstić information content (AvgIpc) is 2.49. The molecule has 0 saturated carbocycles. The number of methoxy groups -OCH3 is 1. The number of rotatable bonds is 6. The highest BCUT2D eigenvalue weighted by molar-refractivity contribution is 5.73. The summed E-state index contributed by atoms with van der Waals surface area (Å²) in [5, 5.41) is 9.36. The van der Waals surface area contributed by atoms with Gasteiger partial charge in [-0.1, -0.05) is 30.3 Å². The van der Waals surface area contributed by atoms with E-state index in [4.69, 9.17) is 9.47 Å². The van der Waals surface area contributed by atoms with Crippen LogP contribution in [0.25, 0.3) is 0 Å². The summed E-state index contributed by atoms with van der Waals surface area (Å²) in [4.78, 5) is 11.4. The van der Waals surface area contributed by atoms with Crippen molar-refractivity contribution >= 4 is 5.97 Å². The molecule has 0 unspecified atom stereocenters. The minimum absolute atomic E-state index is 0.319. The Bertz CT molecular complexity index is 622. The van der Waals surface area contributed by atoms with Crippen molar-refractivity contribution in [2.24, 2.45) is 0 Å². The van der Waals surface area contributed by atoms with E-state index in [-0.39, 0.29) is 0 Å². The van der Waals surface area contributed by atoms with E-state index >= 15 is 0 Å². The van der Waals surface area contributed by atoms with Gasteiger partial charge < -0.3 is 14.6 Å². The van der Waals surface area contributed by atoms with Crippen molar-refractivity contribution in [1.29, 1.82) is 0 Å². The second kappa shape index (κ2) is 6.79. The zero-order chi connectivity index (χ0) is 15.2. The molecule has 1 atom stereocenters. The third-order valence-corrected chi connectivity index (χ3v) is 3.26. The van der Waals surface area contributed by atoms with Crippen molar-refractivity contribution in [2.45, 2.75) is 19.4 Å². The summed E-state index contributed by atoms with van der Waals surface area (Å²) in [6.07, 6.45) is -0.614. The molecule has 0 radical (unpaired) electrons. The van der Waals surface area contributed by atoms with Gasteiger partial charge in [-0.2, -0.15) is 0 Å². The monoisotopic (exact) mass is 286 g/mol. The molecular weight excluding hydrogens is 268 g/mol. The number of aliphatic carboxylic acids is 1. The molecule has 0 spiro atoms. The van der Waals surface area contributed by atoms with Gasteiger partial charge in [0.1, 0.15) is 11.5 Å². The lowest BCUT2D eigenvalue weighted by Crippen LogP contribution is -2.29. The number of aryl methyl sites for hydroxylation is 1. The number of carboxylic acids is 1. The summed E-state index contributed by atoms with van der Waals surface area (Å²) in [6.45, 7) is 1.96. The van der Waals surface area contributed by atoms with Gasteiger partial charge in [0.15, 0.2) is 6.10 Å². The summed E-state index contributed by atoms with van der Waals surface area (Å²) in [5.41, 5.74) is 2.02. The van der Waals surface area contributed by atoms with Gasteiger partial charge in [0.2, 0.25) is 0 Å². The fraction of sp³-hybridized carbons (Fsp3) is 0.235. The van der Waals surface area contributed by atoms with Crippen molar-refractivity contribution in [2.75, 3.05) is 7.11 Å². The molecule has 2 rings (SSSR count). The Kier molecular flexibility index (Phi) is 4.82. The lowest BCUT2D eigenvalue weighted by atomic mass is 10.0. The molecule has 4 heteroatoms. The first kappa shape index (κ1) is 14.9. The van der Waals surface area contributed by atoms with E-state index < -0.39 is 12.1 Å². The van der Waals surface area contributed by atoms with Crippen LogP contribution in [0.4, 0.5) is 0 Å². The zero-order valence-corrected chi connectivity index (χ0v) is 12.1. The van der Waals surface area contributed by atoms with Gasteiger partial charge >= 0.3 is 5.97 Å². The van der Waals surface area contributed by atoms with Crippen LogP contribution in [-0.4, -0.2) is 24.3 Å². The molecule has 4 nitrogen and oxygen atoms in total. The lowest BCUT2D eigenvalue weighted by Gasteiger charge is -2.16. The second-order valence-corrected chi connectivity index (χ2v) is 4.75. The van der Waals surface area contributed by atoms with E-state index in [1.165, 1.54) is 0 Å². The standard InChI is InChI=1S/C17H18O4/c1-12-6-3-4-7-13(12)10-16(17(18)19)21-15-9-5-8-14(11-15)20-2/h3-9,11,16H,10H2,1-2H3,(H,18,19)/t16-/m1/s1. The summed E-state index contributed by atoms with van der Waals surface area (Å²) < 4.78 is 10.7. The molecule has 21 heavy (non-hydrogen) atoms. The highest BCUT2D eigenvalue weighted by atomic mass is 16.5. The molecule has 0 fully saturated rings. The number of benzene rings is 2. The van der Waals surface area contributed by atoms with Gasteiger partial charge in [0, 0.05) is 12.5 Å². The third kappa shape index (κ3) is 3.99. The topological polar surface area (TPSA) is 55.8 Å². The Labute approximate surface area is 123 Å². The first-order chi connectivity index (χ1) is 10.1. The van der Waals surface area contributed by atoms with Crippen molar-refractivity contribution in [1.82, 2.24) is 0 Å². The van der Waals surface area contributed by atoms with Crippen LogP contribution in [0, 0.1) is 6.92 Å².